The molecule has 23 heavy (non-hydrogen) atoms. The van der Waals surface area contributed by atoms with Crippen molar-refractivity contribution in [3.8, 4) is 0 Å². The first-order valence-electron chi connectivity index (χ1n) is 7.45. The van der Waals surface area contributed by atoms with Crippen LogP contribution >= 0.6 is 0 Å². The van der Waals surface area contributed by atoms with Crippen LogP contribution in [0.2, 0.25) is 0 Å². The highest BCUT2D eigenvalue weighted by Gasteiger charge is 2.20. The first-order chi connectivity index (χ1) is 11.3. The molecule has 3 aromatic rings. The summed E-state index contributed by atoms with van der Waals surface area (Å²) in [6, 6.07) is 21.5. The zero-order valence-corrected chi connectivity index (χ0v) is 12.4. The summed E-state index contributed by atoms with van der Waals surface area (Å²) in [6.07, 6.45) is 5.12. The average Bonchev–Trinajstić information content (AvgIpc) is 2.83. The van der Waals surface area contributed by atoms with Crippen LogP contribution in [0.5, 0.6) is 0 Å². The predicted molar refractivity (Wildman–Crippen MR) is 93.9 cm³/mol. The maximum atomic E-state index is 13.1. The van der Waals surface area contributed by atoms with Crippen molar-refractivity contribution in [1.29, 1.82) is 0 Å². The second-order valence-corrected chi connectivity index (χ2v) is 5.34. The van der Waals surface area contributed by atoms with E-state index >= 15 is 0 Å². The van der Waals surface area contributed by atoms with Crippen molar-refractivity contribution in [2.24, 2.45) is 4.99 Å². The molecule has 1 amide bonds. The largest absolute Gasteiger partial charge is 0.282 e. The van der Waals surface area contributed by atoms with Gasteiger partial charge in [-0.3, -0.25) is 14.7 Å². The molecule has 0 spiro atoms. The van der Waals surface area contributed by atoms with Gasteiger partial charge in [-0.15, -0.1) is 0 Å². The molecule has 3 heteroatoms. The summed E-state index contributed by atoms with van der Waals surface area (Å²) in [5.74, 6) is -0.0593. The lowest BCUT2D eigenvalue weighted by molar-refractivity contribution is 0.0999. The number of hydrogen-bond acceptors (Lipinski definition) is 2. The van der Waals surface area contributed by atoms with E-state index in [0.717, 1.165) is 22.0 Å². The van der Waals surface area contributed by atoms with Gasteiger partial charge in [-0.1, -0.05) is 54.6 Å². The molecule has 0 aliphatic carbocycles. The maximum absolute atomic E-state index is 13.1. The highest BCUT2D eigenvalue weighted by Crippen LogP contribution is 2.26. The van der Waals surface area contributed by atoms with Crippen LogP contribution in [0.25, 0.3) is 10.8 Å². The molecule has 3 aromatic carbocycles. The van der Waals surface area contributed by atoms with E-state index in [4.69, 9.17) is 0 Å². The van der Waals surface area contributed by atoms with Gasteiger partial charge in [0, 0.05) is 29.7 Å². The van der Waals surface area contributed by atoms with E-state index < -0.39 is 0 Å². The van der Waals surface area contributed by atoms with Crippen molar-refractivity contribution < 1.29 is 4.79 Å². The highest BCUT2D eigenvalue weighted by molar-refractivity contribution is 6.16. The van der Waals surface area contributed by atoms with E-state index in [-0.39, 0.29) is 5.91 Å². The number of rotatable bonds is 1. The van der Waals surface area contributed by atoms with Crippen molar-refractivity contribution >= 4 is 28.6 Å². The number of para-hydroxylation sites is 1. The summed E-state index contributed by atoms with van der Waals surface area (Å²) in [6.45, 7) is 0. The fraction of sp³-hybridized carbons (Fsp3) is 0. The van der Waals surface area contributed by atoms with E-state index in [2.05, 4.69) is 4.99 Å². The minimum atomic E-state index is -0.0593. The summed E-state index contributed by atoms with van der Waals surface area (Å²) < 4.78 is 0. The molecule has 0 saturated heterocycles. The lowest BCUT2D eigenvalue weighted by Gasteiger charge is -2.20. The van der Waals surface area contributed by atoms with Gasteiger partial charge >= 0.3 is 0 Å². The molecule has 110 valence electrons. The van der Waals surface area contributed by atoms with Gasteiger partial charge in [0.1, 0.15) is 0 Å². The smallest absolute Gasteiger partial charge is 0.263 e. The molecule has 0 aromatic heterocycles. The maximum Gasteiger partial charge on any atom is 0.263 e. The van der Waals surface area contributed by atoms with Crippen LogP contribution in [0.3, 0.4) is 0 Å². The molecule has 3 nitrogen and oxygen atoms in total. The fourth-order valence-corrected chi connectivity index (χ4v) is 2.84. The van der Waals surface area contributed by atoms with E-state index in [1.165, 1.54) is 0 Å². The molecule has 4 rings (SSSR count). The van der Waals surface area contributed by atoms with Gasteiger partial charge in [-0.2, -0.15) is 0 Å². The zero-order chi connectivity index (χ0) is 15.6. The Kier molecular flexibility index (Phi) is 3.24. The number of amides is 1. The Labute approximate surface area is 134 Å². The third kappa shape index (κ3) is 2.32. The predicted octanol–water partition coefficient (Wildman–Crippen LogP) is 4.39. The van der Waals surface area contributed by atoms with Crippen LogP contribution in [-0.2, 0) is 0 Å². The molecule has 0 atom stereocenters. The lowest BCUT2D eigenvalue weighted by Crippen LogP contribution is -2.26. The molecule has 0 N–H and O–H groups in total. The van der Waals surface area contributed by atoms with Crippen molar-refractivity contribution in [1.82, 2.24) is 0 Å². The first kappa shape index (κ1) is 13.5. The summed E-state index contributed by atoms with van der Waals surface area (Å²) in [7, 11) is 0. The van der Waals surface area contributed by atoms with E-state index in [1.807, 2.05) is 66.7 Å². The SMILES string of the molecule is O=C(c1cccc2ccccc12)N1C=CN=Cc2ccccc21. The second kappa shape index (κ2) is 5.54. The quantitative estimate of drug-likeness (QED) is 0.655. The van der Waals surface area contributed by atoms with Gasteiger partial charge in [0.15, 0.2) is 0 Å². The number of anilines is 1. The summed E-state index contributed by atoms with van der Waals surface area (Å²) in [5.41, 5.74) is 2.44. The molecule has 0 saturated carbocycles. The average molecular weight is 298 g/mol. The number of carbonyl (C=O) groups is 1. The highest BCUT2D eigenvalue weighted by atomic mass is 16.2. The van der Waals surface area contributed by atoms with Gasteiger partial charge in [-0.05, 0) is 22.9 Å². The third-order valence-electron chi connectivity index (χ3n) is 3.95. The minimum absolute atomic E-state index is 0.0593. The lowest BCUT2D eigenvalue weighted by atomic mass is 10.0. The Morgan fingerprint density at radius 3 is 2.61 bits per heavy atom. The Hall–Kier alpha value is -3.20. The number of nitrogens with zero attached hydrogens (tertiary/aromatic N) is 2. The van der Waals surface area contributed by atoms with Gasteiger partial charge in [-0.25, -0.2) is 0 Å². The van der Waals surface area contributed by atoms with Crippen LogP contribution in [0.4, 0.5) is 5.69 Å². The zero-order valence-electron chi connectivity index (χ0n) is 12.4. The van der Waals surface area contributed by atoms with Crippen LogP contribution < -0.4 is 4.90 Å². The molecular weight excluding hydrogens is 284 g/mol. The number of carbonyl (C=O) groups excluding carboxylic acids is 1. The van der Waals surface area contributed by atoms with Crippen molar-refractivity contribution in [3.05, 3.63) is 90.3 Å². The van der Waals surface area contributed by atoms with Gasteiger partial charge in [0.25, 0.3) is 5.91 Å². The molecule has 0 unspecified atom stereocenters. The molecule has 0 radical (unpaired) electrons. The standard InChI is InChI=1S/C20H14N2O/c23-20(18-10-5-8-15-6-1-3-9-17(15)18)22-13-12-21-14-16-7-2-4-11-19(16)22/h1-14H. The normalized spacial score (nSPS) is 13.0. The Balaban J connectivity index is 1.86. The van der Waals surface area contributed by atoms with Crippen molar-refractivity contribution in [3.63, 3.8) is 0 Å². The first-order valence-corrected chi connectivity index (χ1v) is 7.45. The van der Waals surface area contributed by atoms with Crippen molar-refractivity contribution in [2.45, 2.75) is 0 Å². The number of aliphatic imine (C=N–C) groups is 1. The van der Waals surface area contributed by atoms with Crippen LogP contribution in [0.15, 0.2) is 84.1 Å². The van der Waals surface area contributed by atoms with Gasteiger partial charge < -0.3 is 0 Å². The summed E-state index contributed by atoms with van der Waals surface area (Å²) >= 11 is 0. The van der Waals surface area contributed by atoms with Crippen LogP contribution in [0, 0.1) is 0 Å². The topological polar surface area (TPSA) is 32.7 Å². The number of hydrogen-bond donors (Lipinski definition) is 0. The molecule has 1 aliphatic rings. The summed E-state index contributed by atoms with van der Waals surface area (Å²) in [5, 5.41) is 2.01. The van der Waals surface area contributed by atoms with Crippen LogP contribution in [-0.4, -0.2) is 12.1 Å². The monoisotopic (exact) mass is 298 g/mol. The molecule has 1 aliphatic heterocycles. The fourth-order valence-electron chi connectivity index (χ4n) is 2.84. The molecular formula is C20H14N2O. The van der Waals surface area contributed by atoms with E-state index in [0.29, 0.717) is 5.56 Å². The number of benzene rings is 3. The third-order valence-corrected chi connectivity index (χ3v) is 3.95. The molecule has 1 heterocycles. The Bertz CT molecular complexity index is 951. The second-order valence-electron chi connectivity index (χ2n) is 5.34. The van der Waals surface area contributed by atoms with E-state index in [9.17, 15) is 4.79 Å². The molecule has 0 fully saturated rings. The van der Waals surface area contributed by atoms with Crippen molar-refractivity contribution in [2.75, 3.05) is 4.90 Å². The molecule has 0 bridgehead atoms. The van der Waals surface area contributed by atoms with Crippen LogP contribution in [0.1, 0.15) is 15.9 Å². The van der Waals surface area contributed by atoms with Gasteiger partial charge in [0.2, 0.25) is 0 Å². The van der Waals surface area contributed by atoms with E-state index in [1.54, 1.807) is 23.5 Å². The minimum Gasteiger partial charge on any atom is -0.282 e. The van der Waals surface area contributed by atoms with Gasteiger partial charge in [0.05, 0.1) is 5.69 Å². The Morgan fingerprint density at radius 1 is 0.870 bits per heavy atom. The Morgan fingerprint density at radius 2 is 1.65 bits per heavy atom. The summed E-state index contributed by atoms with van der Waals surface area (Å²) in [4.78, 5) is 19.0. The number of fused-ring (bicyclic) bond motifs is 2.